The molecule has 1 aromatic carbocycles. The minimum Gasteiger partial charge on any atom is -0.508 e. The van der Waals surface area contributed by atoms with Gasteiger partial charge in [0.25, 0.3) is 5.91 Å². The van der Waals surface area contributed by atoms with Crippen LogP contribution in [0.3, 0.4) is 0 Å². The summed E-state index contributed by atoms with van der Waals surface area (Å²) in [6, 6.07) is 5.48. The zero-order chi connectivity index (χ0) is 14.5. The molecule has 104 valence electrons. The molecule has 0 aliphatic heterocycles. The number of benzene rings is 1. The van der Waals surface area contributed by atoms with Crippen molar-refractivity contribution in [1.29, 1.82) is 0 Å². The van der Waals surface area contributed by atoms with Crippen LogP contribution in [-0.2, 0) is 4.79 Å². The summed E-state index contributed by atoms with van der Waals surface area (Å²) in [5.41, 5.74) is 0.169. The Labute approximate surface area is 106 Å². The smallest absolute Gasteiger partial charge is 0.471 e. The maximum Gasteiger partial charge on any atom is 0.471 e. The Balaban J connectivity index is 2.34. The fourth-order valence-corrected chi connectivity index (χ4v) is 1.20. The fourth-order valence-electron chi connectivity index (χ4n) is 1.20. The number of amides is 2. The Kier molecular flexibility index (Phi) is 4.74. The summed E-state index contributed by atoms with van der Waals surface area (Å²) in [6.45, 7) is -0.501. The molecule has 3 N–H and O–H groups in total. The van der Waals surface area contributed by atoms with E-state index in [2.05, 4.69) is 5.32 Å². The number of phenolic OH excluding ortho intramolecular Hbond substituents is 1. The molecule has 0 radical (unpaired) electrons. The highest BCUT2D eigenvalue weighted by molar-refractivity contribution is 5.94. The van der Waals surface area contributed by atoms with Crippen LogP contribution in [0.2, 0.25) is 0 Å². The van der Waals surface area contributed by atoms with E-state index < -0.39 is 18.0 Å². The highest BCUT2D eigenvalue weighted by atomic mass is 19.4. The Morgan fingerprint density at radius 1 is 1.16 bits per heavy atom. The number of alkyl halides is 3. The summed E-state index contributed by atoms with van der Waals surface area (Å²) in [5, 5.41) is 13.0. The molecule has 1 rings (SSSR count). The lowest BCUT2D eigenvalue weighted by Gasteiger charge is -2.08. The molecule has 0 aromatic heterocycles. The third-order valence-electron chi connectivity index (χ3n) is 2.06. The summed E-state index contributed by atoms with van der Waals surface area (Å²) < 4.78 is 35.5. The number of carbonyl (C=O) groups is 2. The van der Waals surface area contributed by atoms with Crippen LogP contribution in [0.4, 0.5) is 13.2 Å². The lowest BCUT2D eigenvalue weighted by atomic mass is 10.2. The summed E-state index contributed by atoms with van der Waals surface area (Å²) in [6.07, 6.45) is -4.94. The normalized spacial score (nSPS) is 10.9. The molecule has 0 bridgehead atoms. The van der Waals surface area contributed by atoms with Gasteiger partial charge >= 0.3 is 12.1 Å². The van der Waals surface area contributed by atoms with Gasteiger partial charge in [-0.15, -0.1) is 0 Å². The van der Waals surface area contributed by atoms with Gasteiger partial charge in [-0.1, -0.05) is 6.07 Å². The van der Waals surface area contributed by atoms with Crippen LogP contribution in [0.25, 0.3) is 0 Å². The van der Waals surface area contributed by atoms with Gasteiger partial charge in [0.1, 0.15) is 5.75 Å². The Hall–Kier alpha value is -2.25. The molecular formula is C11H11F3N2O3. The minimum atomic E-state index is -4.94. The number of aromatic hydroxyl groups is 1. The van der Waals surface area contributed by atoms with Crippen molar-refractivity contribution in [2.24, 2.45) is 0 Å². The van der Waals surface area contributed by atoms with Gasteiger partial charge in [0.05, 0.1) is 0 Å². The monoisotopic (exact) mass is 276 g/mol. The quantitative estimate of drug-likeness (QED) is 0.712. The molecule has 19 heavy (non-hydrogen) atoms. The van der Waals surface area contributed by atoms with E-state index in [4.69, 9.17) is 5.11 Å². The molecule has 0 saturated carbocycles. The van der Waals surface area contributed by atoms with Crippen LogP contribution >= 0.6 is 0 Å². The van der Waals surface area contributed by atoms with E-state index in [-0.39, 0.29) is 24.4 Å². The first-order chi connectivity index (χ1) is 8.80. The van der Waals surface area contributed by atoms with Gasteiger partial charge in [-0.3, -0.25) is 9.59 Å². The van der Waals surface area contributed by atoms with Crippen molar-refractivity contribution in [3.05, 3.63) is 29.8 Å². The Morgan fingerprint density at radius 2 is 1.79 bits per heavy atom. The zero-order valence-corrected chi connectivity index (χ0v) is 9.62. The predicted molar refractivity (Wildman–Crippen MR) is 59.5 cm³/mol. The van der Waals surface area contributed by atoms with Crippen LogP contribution in [0.15, 0.2) is 24.3 Å². The molecule has 0 saturated heterocycles. The molecule has 1 aromatic rings. The lowest BCUT2D eigenvalue weighted by molar-refractivity contribution is -0.173. The highest BCUT2D eigenvalue weighted by Crippen LogP contribution is 2.13. The second-order valence-corrected chi connectivity index (χ2v) is 3.56. The van der Waals surface area contributed by atoms with E-state index in [1.165, 1.54) is 24.3 Å². The Bertz CT molecular complexity index is 474. The molecule has 0 heterocycles. The third kappa shape index (κ3) is 4.86. The summed E-state index contributed by atoms with van der Waals surface area (Å²) in [4.78, 5) is 21.9. The first-order valence-electron chi connectivity index (χ1n) is 5.23. The average Bonchev–Trinajstić information content (AvgIpc) is 2.32. The predicted octanol–water partition coefficient (Wildman–Crippen LogP) is 0.800. The van der Waals surface area contributed by atoms with E-state index in [0.717, 1.165) is 0 Å². The fraction of sp³-hybridized carbons (Fsp3) is 0.273. The van der Waals surface area contributed by atoms with Crippen molar-refractivity contribution in [1.82, 2.24) is 10.6 Å². The molecule has 0 unspecified atom stereocenters. The number of nitrogens with one attached hydrogen (secondary N) is 2. The van der Waals surface area contributed by atoms with Crippen molar-refractivity contribution in [3.8, 4) is 5.75 Å². The topological polar surface area (TPSA) is 78.4 Å². The van der Waals surface area contributed by atoms with E-state index >= 15 is 0 Å². The van der Waals surface area contributed by atoms with Crippen molar-refractivity contribution < 1.29 is 27.9 Å². The van der Waals surface area contributed by atoms with Gasteiger partial charge in [-0.25, -0.2) is 0 Å². The van der Waals surface area contributed by atoms with Crippen LogP contribution < -0.4 is 10.6 Å². The second-order valence-electron chi connectivity index (χ2n) is 3.56. The van der Waals surface area contributed by atoms with E-state index in [0.29, 0.717) is 0 Å². The number of halogens is 3. The van der Waals surface area contributed by atoms with Gasteiger partial charge in [0.15, 0.2) is 0 Å². The van der Waals surface area contributed by atoms with Crippen molar-refractivity contribution in [2.75, 3.05) is 13.1 Å². The average molecular weight is 276 g/mol. The Morgan fingerprint density at radius 3 is 2.37 bits per heavy atom. The molecule has 0 aliphatic rings. The first kappa shape index (κ1) is 14.8. The van der Waals surface area contributed by atoms with Crippen molar-refractivity contribution in [3.63, 3.8) is 0 Å². The number of phenols is 1. The van der Waals surface area contributed by atoms with E-state index in [9.17, 15) is 22.8 Å². The highest BCUT2D eigenvalue weighted by Gasteiger charge is 2.38. The van der Waals surface area contributed by atoms with Crippen LogP contribution in [0, 0.1) is 0 Å². The largest absolute Gasteiger partial charge is 0.508 e. The number of hydrogen-bond donors (Lipinski definition) is 3. The van der Waals surface area contributed by atoms with E-state index in [1.54, 1.807) is 5.32 Å². The van der Waals surface area contributed by atoms with Gasteiger partial charge < -0.3 is 15.7 Å². The maximum atomic E-state index is 11.8. The summed E-state index contributed by atoms with van der Waals surface area (Å²) in [7, 11) is 0. The standard InChI is InChI=1S/C11H11F3N2O3/c12-11(13,14)10(19)16-5-4-15-9(18)7-2-1-3-8(17)6-7/h1-3,6,17H,4-5H2,(H,15,18)(H,16,19). The summed E-state index contributed by atoms with van der Waals surface area (Å²) in [5.74, 6) is -2.71. The molecule has 8 heteroatoms. The maximum absolute atomic E-state index is 11.8. The first-order valence-corrected chi connectivity index (χ1v) is 5.23. The van der Waals surface area contributed by atoms with Crippen molar-refractivity contribution in [2.45, 2.75) is 6.18 Å². The second kappa shape index (κ2) is 6.07. The van der Waals surface area contributed by atoms with Crippen molar-refractivity contribution >= 4 is 11.8 Å². The third-order valence-corrected chi connectivity index (χ3v) is 2.06. The number of carbonyl (C=O) groups excluding carboxylic acids is 2. The zero-order valence-electron chi connectivity index (χ0n) is 9.62. The number of rotatable bonds is 4. The van der Waals surface area contributed by atoms with Crippen LogP contribution in [0.5, 0.6) is 5.75 Å². The van der Waals surface area contributed by atoms with E-state index in [1.807, 2.05) is 0 Å². The molecule has 0 fully saturated rings. The minimum absolute atomic E-state index is 0.0991. The molecule has 0 spiro atoms. The van der Waals surface area contributed by atoms with Crippen LogP contribution in [0.1, 0.15) is 10.4 Å². The van der Waals surface area contributed by atoms with Gasteiger partial charge in [-0.2, -0.15) is 13.2 Å². The van der Waals surface area contributed by atoms with Crippen LogP contribution in [-0.4, -0.2) is 36.2 Å². The van der Waals surface area contributed by atoms with Gasteiger partial charge in [0.2, 0.25) is 0 Å². The van der Waals surface area contributed by atoms with Gasteiger partial charge in [0, 0.05) is 18.7 Å². The molecular weight excluding hydrogens is 265 g/mol. The molecule has 0 atom stereocenters. The van der Waals surface area contributed by atoms with Gasteiger partial charge in [-0.05, 0) is 18.2 Å². The molecule has 0 aliphatic carbocycles. The molecule has 2 amide bonds. The SMILES string of the molecule is O=C(NCCNC(=O)C(F)(F)F)c1cccc(O)c1. The molecule has 5 nitrogen and oxygen atoms in total. The number of hydrogen-bond acceptors (Lipinski definition) is 3. The summed E-state index contributed by atoms with van der Waals surface area (Å²) >= 11 is 0. The lowest BCUT2D eigenvalue weighted by Crippen LogP contribution is -2.41.